The first-order valence-corrected chi connectivity index (χ1v) is 7.59. The van der Waals surface area contributed by atoms with Gasteiger partial charge in [0.1, 0.15) is 5.60 Å². The summed E-state index contributed by atoms with van der Waals surface area (Å²) in [5.41, 5.74) is -0.455. The molecule has 0 amide bonds. The van der Waals surface area contributed by atoms with Crippen LogP contribution in [0.4, 0.5) is 0 Å². The van der Waals surface area contributed by atoms with Crippen molar-refractivity contribution in [1.82, 2.24) is 15.5 Å². The minimum Gasteiger partial charge on any atom is -0.367 e. The summed E-state index contributed by atoms with van der Waals surface area (Å²) >= 11 is 0. The van der Waals surface area contributed by atoms with E-state index in [0.717, 1.165) is 19.3 Å². The van der Waals surface area contributed by atoms with Crippen LogP contribution in [0, 0.1) is 5.92 Å². The molecule has 1 aromatic heterocycles. The third kappa shape index (κ3) is 4.56. The Hall–Kier alpha value is -0.940. The molecule has 0 saturated carbocycles. The largest absolute Gasteiger partial charge is 0.367 e. The Morgan fingerprint density at radius 1 is 1.35 bits per heavy atom. The first kappa shape index (κ1) is 17.1. The summed E-state index contributed by atoms with van der Waals surface area (Å²) < 4.78 is 11.2. The van der Waals surface area contributed by atoms with Gasteiger partial charge < -0.3 is 14.6 Å². The number of nitrogens with one attached hydrogen (secondary N) is 1. The lowest BCUT2D eigenvalue weighted by atomic mass is 10.0. The lowest BCUT2D eigenvalue weighted by Gasteiger charge is -2.23. The highest BCUT2D eigenvalue weighted by molar-refractivity contribution is 5.00. The fraction of sp³-hybridized carbons (Fsp3) is 0.867. The van der Waals surface area contributed by atoms with Crippen LogP contribution in [-0.2, 0) is 16.8 Å². The van der Waals surface area contributed by atoms with Gasteiger partial charge in [-0.3, -0.25) is 0 Å². The Morgan fingerprint density at radius 2 is 2.05 bits per heavy atom. The number of hydrogen-bond donors (Lipinski definition) is 1. The van der Waals surface area contributed by atoms with E-state index in [1.807, 2.05) is 20.9 Å². The van der Waals surface area contributed by atoms with Crippen molar-refractivity contribution < 1.29 is 9.26 Å². The average molecular weight is 283 g/mol. The molecule has 0 saturated heterocycles. The minimum atomic E-state index is -0.455. The van der Waals surface area contributed by atoms with E-state index in [9.17, 15) is 0 Å². The number of likely N-dealkylation sites (N-methyl/N-ethyl adjacent to an activating group) is 1. The van der Waals surface area contributed by atoms with Crippen LogP contribution in [0.25, 0.3) is 0 Å². The molecule has 1 rings (SSSR count). The van der Waals surface area contributed by atoms with Gasteiger partial charge in [0.15, 0.2) is 0 Å². The number of ether oxygens (including phenoxy) is 1. The fourth-order valence-corrected chi connectivity index (χ4v) is 2.28. The summed E-state index contributed by atoms with van der Waals surface area (Å²) in [5.74, 6) is 1.97. The van der Waals surface area contributed by atoms with Gasteiger partial charge in [-0.1, -0.05) is 25.9 Å². The van der Waals surface area contributed by atoms with Crippen LogP contribution >= 0.6 is 0 Å². The molecule has 116 valence electrons. The van der Waals surface area contributed by atoms with Crippen molar-refractivity contribution in [2.24, 2.45) is 5.92 Å². The van der Waals surface area contributed by atoms with E-state index in [2.05, 4.69) is 36.2 Å². The molecule has 1 N–H and O–H groups in total. The molecule has 5 heteroatoms. The summed E-state index contributed by atoms with van der Waals surface area (Å²) in [6.45, 7) is 11.1. The van der Waals surface area contributed by atoms with Gasteiger partial charge in [-0.05, 0) is 39.7 Å². The fourth-order valence-electron chi connectivity index (χ4n) is 2.28. The zero-order valence-corrected chi connectivity index (χ0v) is 13.7. The van der Waals surface area contributed by atoms with E-state index >= 15 is 0 Å². The molecule has 0 aliphatic carbocycles. The maximum Gasteiger partial charge on any atom is 0.228 e. The first-order valence-electron chi connectivity index (χ1n) is 7.59. The van der Waals surface area contributed by atoms with Crippen LogP contribution in [0.2, 0.25) is 0 Å². The Balaban J connectivity index is 2.75. The molecule has 0 aliphatic rings. The summed E-state index contributed by atoms with van der Waals surface area (Å²) in [7, 11) is 1.97. The van der Waals surface area contributed by atoms with Crippen molar-refractivity contribution in [2.45, 2.75) is 65.5 Å². The van der Waals surface area contributed by atoms with Crippen LogP contribution in [0.1, 0.15) is 59.2 Å². The Morgan fingerprint density at radius 3 is 2.55 bits per heavy atom. The van der Waals surface area contributed by atoms with Crippen molar-refractivity contribution in [3.8, 4) is 0 Å². The second-order valence-electron chi connectivity index (χ2n) is 5.85. The van der Waals surface area contributed by atoms with Gasteiger partial charge in [0.2, 0.25) is 11.7 Å². The van der Waals surface area contributed by atoms with E-state index in [0.29, 0.717) is 30.3 Å². The zero-order chi connectivity index (χ0) is 15.2. The van der Waals surface area contributed by atoms with Crippen molar-refractivity contribution in [2.75, 3.05) is 13.7 Å². The van der Waals surface area contributed by atoms with E-state index in [1.54, 1.807) is 0 Å². The van der Waals surface area contributed by atoms with Crippen molar-refractivity contribution in [3.05, 3.63) is 11.7 Å². The van der Waals surface area contributed by atoms with E-state index in [1.165, 1.54) is 0 Å². The SMILES string of the molecule is CCOC(C)(CC)c1noc(CC(CC(C)C)NC)n1. The van der Waals surface area contributed by atoms with Gasteiger partial charge in [-0.25, -0.2) is 0 Å². The molecule has 1 heterocycles. The standard InChI is InChI=1S/C15H29N3O2/c1-7-15(5,19-8-2)14-17-13(20-18-14)10-12(16-6)9-11(3)4/h11-12,16H,7-10H2,1-6H3. The molecule has 2 unspecified atom stereocenters. The van der Waals surface area contributed by atoms with E-state index < -0.39 is 5.60 Å². The molecule has 2 atom stereocenters. The molecule has 1 aromatic rings. The molecule has 0 aromatic carbocycles. The van der Waals surface area contributed by atoms with E-state index in [-0.39, 0.29) is 0 Å². The second kappa shape index (κ2) is 7.74. The zero-order valence-electron chi connectivity index (χ0n) is 13.7. The Kier molecular flexibility index (Phi) is 6.62. The molecule has 0 bridgehead atoms. The third-order valence-electron chi connectivity index (χ3n) is 3.66. The quantitative estimate of drug-likeness (QED) is 0.755. The average Bonchev–Trinajstić information content (AvgIpc) is 2.86. The predicted molar refractivity (Wildman–Crippen MR) is 79.6 cm³/mol. The van der Waals surface area contributed by atoms with E-state index in [4.69, 9.17) is 9.26 Å². The number of nitrogens with zero attached hydrogens (tertiary/aromatic N) is 2. The lowest BCUT2D eigenvalue weighted by molar-refractivity contribution is -0.0403. The van der Waals surface area contributed by atoms with Crippen LogP contribution in [-0.4, -0.2) is 29.8 Å². The molecule has 0 fully saturated rings. The van der Waals surface area contributed by atoms with Crippen molar-refractivity contribution in [3.63, 3.8) is 0 Å². The van der Waals surface area contributed by atoms with Gasteiger partial charge in [0.25, 0.3) is 0 Å². The molecule has 0 radical (unpaired) electrons. The monoisotopic (exact) mass is 283 g/mol. The number of aromatic nitrogens is 2. The molecular weight excluding hydrogens is 254 g/mol. The summed E-state index contributed by atoms with van der Waals surface area (Å²) in [5, 5.41) is 7.42. The van der Waals surface area contributed by atoms with Crippen LogP contribution in [0.5, 0.6) is 0 Å². The van der Waals surface area contributed by atoms with Crippen LogP contribution in [0.3, 0.4) is 0 Å². The van der Waals surface area contributed by atoms with Crippen molar-refractivity contribution in [1.29, 1.82) is 0 Å². The van der Waals surface area contributed by atoms with Crippen LogP contribution < -0.4 is 5.32 Å². The molecule has 0 aliphatic heterocycles. The number of hydrogen-bond acceptors (Lipinski definition) is 5. The number of rotatable bonds is 9. The van der Waals surface area contributed by atoms with Gasteiger partial charge in [0, 0.05) is 19.1 Å². The third-order valence-corrected chi connectivity index (χ3v) is 3.66. The highest BCUT2D eigenvalue weighted by Gasteiger charge is 2.31. The minimum absolute atomic E-state index is 0.364. The summed E-state index contributed by atoms with van der Waals surface area (Å²) in [6, 6.07) is 0.364. The van der Waals surface area contributed by atoms with Gasteiger partial charge in [-0.15, -0.1) is 0 Å². The molecule has 20 heavy (non-hydrogen) atoms. The maximum atomic E-state index is 5.77. The van der Waals surface area contributed by atoms with Crippen molar-refractivity contribution >= 4 is 0 Å². The highest BCUT2D eigenvalue weighted by Crippen LogP contribution is 2.26. The molecular formula is C15H29N3O2. The van der Waals surface area contributed by atoms with Gasteiger partial charge in [-0.2, -0.15) is 4.98 Å². The summed E-state index contributed by atoms with van der Waals surface area (Å²) in [4.78, 5) is 4.52. The smallest absolute Gasteiger partial charge is 0.228 e. The Labute approximate surface area is 122 Å². The summed E-state index contributed by atoms with van der Waals surface area (Å²) in [6.07, 6.45) is 2.67. The second-order valence-corrected chi connectivity index (χ2v) is 5.85. The van der Waals surface area contributed by atoms with Gasteiger partial charge >= 0.3 is 0 Å². The normalized spacial score (nSPS) is 16.4. The first-order chi connectivity index (χ1) is 9.45. The molecule has 0 spiro atoms. The lowest BCUT2D eigenvalue weighted by Crippen LogP contribution is -2.29. The Bertz CT molecular complexity index is 392. The highest BCUT2D eigenvalue weighted by atomic mass is 16.5. The maximum absolute atomic E-state index is 5.77. The predicted octanol–water partition coefficient (Wildman–Crippen LogP) is 2.91. The topological polar surface area (TPSA) is 60.2 Å². The molecule has 5 nitrogen and oxygen atoms in total. The van der Waals surface area contributed by atoms with Crippen LogP contribution in [0.15, 0.2) is 4.52 Å². The van der Waals surface area contributed by atoms with Gasteiger partial charge in [0.05, 0.1) is 0 Å².